The van der Waals surface area contributed by atoms with Gasteiger partial charge in [-0.2, -0.15) is 0 Å². The van der Waals surface area contributed by atoms with Crippen molar-refractivity contribution in [3.63, 3.8) is 0 Å². The molecule has 4 heteroatoms. The Labute approximate surface area is 139 Å². The zero-order valence-electron chi connectivity index (χ0n) is 14.3. The van der Waals surface area contributed by atoms with Gasteiger partial charge in [-0.25, -0.2) is 0 Å². The number of carbonyl (C=O) groups is 1. The number of rotatable bonds is 4. The Hall–Kier alpha value is -1.55. The fourth-order valence-corrected chi connectivity index (χ4v) is 3.69. The van der Waals surface area contributed by atoms with Crippen LogP contribution in [0.3, 0.4) is 0 Å². The number of nitrogens with zero attached hydrogens (tertiary/aromatic N) is 1. The Balaban J connectivity index is 1.44. The highest BCUT2D eigenvalue weighted by molar-refractivity contribution is 5.76. The summed E-state index contributed by atoms with van der Waals surface area (Å²) in [6, 6.07) is 6.08. The molecule has 0 bridgehead atoms. The number of aryl methyl sites for hydroxylation is 2. The van der Waals surface area contributed by atoms with E-state index in [-0.39, 0.29) is 5.91 Å². The first-order valence-electron chi connectivity index (χ1n) is 8.82. The largest absolute Gasteiger partial charge is 0.493 e. The van der Waals surface area contributed by atoms with Crippen molar-refractivity contribution < 1.29 is 9.53 Å². The van der Waals surface area contributed by atoms with E-state index in [0.717, 1.165) is 56.6 Å². The number of nitrogens with one attached hydrogen (secondary N) is 1. The first-order chi connectivity index (χ1) is 11.1. The molecule has 1 aromatic rings. The van der Waals surface area contributed by atoms with Crippen molar-refractivity contribution >= 4 is 5.91 Å². The van der Waals surface area contributed by atoms with Gasteiger partial charge in [0.2, 0.25) is 5.91 Å². The lowest BCUT2D eigenvalue weighted by atomic mass is 9.92. The Morgan fingerprint density at radius 1 is 1.17 bits per heavy atom. The fourth-order valence-electron chi connectivity index (χ4n) is 3.69. The van der Waals surface area contributed by atoms with Crippen LogP contribution in [0, 0.1) is 25.7 Å². The molecule has 2 fully saturated rings. The van der Waals surface area contributed by atoms with E-state index in [4.69, 9.17) is 4.74 Å². The summed E-state index contributed by atoms with van der Waals surface area (Å²) in [5.41, 5.74) is 2.49. The van der Waals surface area contributed by atoms with Crippen molar-refractivity contribution in [1.82, 2.24) is 10.2 Å². The minimum absolute atomic E-state index is 0.238. The Bertz CT molecular complexity index is 544. The molecule has 0 unspecified atom stereocenters. The second-order valence-corrected chi connectivity index (χ2v) is 6.98. The molecule has 0 spiro atoms. The van der Waals surface area contributed by atoms with Crippen LogP contribution in [0.2, 0.25) is 0 Å². The second kappa shape index (κ2) is 7.35. The van der Waals surface area contributed by atoms with Crippen molar-refractivity contribution in [3.8, 4) is 5.75 Å². The van der Waals surface area contributed by atoms with E-state index in [0.29, 0.717) is 13.0 Å². The molecule has 3 rings (SSSR count). The predicted octanol–water partition coefficient (Wildman–Crippen LogP) is 2.53. The molecule has 2 atom stereocenters. The third-order valence-electron chi connectivity index (χ3n) is 5.44. The lowest BCUT2D eigenvalue weighted by Crippen LogP contribution is -2.33. The summed E-state index contributed by atoms with van der Waals surface area (Å²) in [4.78, 5) is 14.5. The van der Waals surface area contributed by atoms with Crippen LogP contribution in [0.4, 0.5) is 0 Å². The van der Waals surface area contributed by atoms with Crippen molar-refractivity contribution in [2.75, 3.05) is 32.8 Å². The molecule has 2 saturated heterocycles. The first kappa shape index (κ1) is 16.3. The van der Waals surface area contributed by atoms with Crippen LogP contribution in [-0.2, 0) is 4.79 Å². The van der Waals surface area contributed by atoms with E-state index in [1.165, 1.54) is 11.1 Å². The maximum absolute atomic E-state index is 12.4. The summed E-state index contributed by atoms with van der Waals surface area (Å²) in [6.07, 6.45) is 2.75. The van der Waals surface area contributed by atoms with Crippen LogP contribution in [0.25, 0.3) is 0 Å². The van der Waals surface area contributed by atoms with Crippen LogP contribution < -0.4 is 10.1 Å². The monoisotopic (exact) mass is 316 g/mol. The van der Waals surface area contributed by atoms with Gasteiger partial charge >= 0.3 is 0 Å². The van der Waals surface area contributed by atoms with Gasteiger partial charge in [-0.05, 0) is 74.9 Å². The van der Waals surface area contributed by atoms with Gasteiger partial charge in [0.1, 0.15) is 5.75 Å². The van der Waals surface area contributed by atoms with Gasteiger partial charge < -0.3 is 15.0 Å². The molecular formula is C19H28N2O2. The molecule has 126 valence electrons. The SMILES string of the molecule is Cc1ccc(OCCC(=O)N2CC[C@@H]3CNC[C@@H]3CC2)cc1C. The van der Waals surface area contributed by atoms with Gasteiger partial charge in [0, 0.05) is 13.1 Å². The zero-order valence-corrected chi connectivity index (χ0v) is 14.3. The van der Waals surface area contributed by atoms with Crippen molar-refractivity contribution in [2.24, 2.45) is 11.8 Å². The molecule has 0 radical (unpaired) electrons. The van der Waals surface area contributed by atoms with Crippen LogP contribution in [0.1, 0.15) is 30.4 Å². The third-order valence-corrected chi connectivity index (χ3v) is 5.44. The Morgan fingerprint density at radius 3 is 2.52 bits per heavy atom. The number of ether oxygens (including phenoxy) is 1. The molecule has 0 aliphatic carbocycles. The zero-order chi connectivity index (χ0) is 16.2. The lowest BCUT2D eigenvalue weighted by Gasteiger charge is -2.21. The fraction of sp³-hybridized carbons (Fsp3) is 0.632. The Kier molecular flexibility index (Phi) is 5.21. The summed E-state index contributed by atoms with van der Waals surface area (Å²) >= 11 is 0. The molecule has 0 aromatic heterocycles. The summed E-state index contributed by atoms with van der Waals surface area (Å²) in [5, 5.41) is 3.47. The second-order valence-electron chi connectivity index (χ2n) is 6.98. The highest BCUT2D eigenvalue weighted by atomic mass is 16.5. The van der Waals surface area contributed by atoms with Crippen LogP contribution in [0.5, 0.6) is 5.75 Å². The average molecular weight is 316 g/mol. The van der Waals surface area contributed by atoms with Crippen LogP contribution in [-0.4, -0.2) is 43.6 Å². The number of carbonyl (C=O) groups excluding carboxylic acids is 1. The third kappa shape index (κ3) is 4.05. The number of fused-ring (bicyclic) bond motifs is 1. The normalized spacial score (nSPS) is 24.2. The summed E-state index contributed by atoms with van der Waals surface area (Å²) in [7, 11) is 0. The summed E-state index contributed by atoms with van der Waals surface area (Å²) < 4.78 is 5.75. The van der Waals surface area contributed by atoms with E-state index in [1.807, 2.05) is 17.0 Å². The number of amides is 1. The van der Waals surface area contributed by atoms with E-state index in [1.54, 1.807) is 0 Å². The average Bonchev–Trinajstić information content (AvgIpc) is 2.89. The van der Waals surface area contributed by atoms with Gasteiger partial charge in [-0.1, -0.05) is 6.07 Å². The van der Waals surface area contributed by atoms with Crippen LogP contribution >= 0.6 is 0 Å². The number of hydrogen-bond acceptors (Lipinski definition) is 3. The van der Waals surface area contributed by atoms with Crippen molar-refractivity contribution in [3.05, 3.63) is 29.3 Å². The number of benzene rings is 1. The molecule has 4 nitrogen and oxygen atoms in total. The van der Waals surface area contributed by atoms with Crippen molar-refractivity contribution in [2.45, 2.75) is 33.1 Å². The predicted molar refractivity (Wildman–Crippen MR) is 91.7 cm³/mol. The Morgan fingerprint density at radius 2 is 1.87 bits per heavy atom. The van der Waals surface area contributed by atoms with Gasteiger partial charge in [-0.3, -0.25) is 4.79 Å². The van der Waals surface area contributed by atoms with Crippen molar-refractivity contribution in [1.29, 1.82) is 0 Å². The topological polar surface area (TPSA) is 41.6 Å². The van der Waals surface area contributed by atoms with Gasteiger partial charge in [-0.15, -0.1) is 0 Å². The molecule has 1 aromatic carbocycles. The standard InChI is InChI=1S/C19H28N2O2/c1-14-3-4-18(11-15(14)2)23-10-7-19(22)21-8-5-16-12-20-13-17(16)6-9-21/h3-4,11,16-17,20H,5-10,12-13H2,1-2H3/t16-,17+. The highest BCUT2D eigenvalue weighted by Gasteiger charge is 2.31. The molecule has 1 N–H and O–H groups in total. The number of likely N-dealkylation sites (tertiary alicyclic amines) is 1. The molecule has 0 saturated carbocycles. The summed E-state index contributed by atoms with van der Waals surface area (Å²) in [5.74, 6) is 2.62. The molecule has 2 aliphatic rings. The smallest absolute Gasteiger partial charge is 0.225 e. The van der Waals surface area contributed by atoms with Crippen LogP contribution in [0.15, 0.2) is 18.2 Å². The van der Waals surface area contributed by atoms with Gasteiger partial charge in [0.15, 0.2) is 0 Å². The highest BCUT2D eigenvalue weighted by Crippen LogP contribution is 2.27. The van der Waals surface area contributed by atoms with Gasteiger partial charge in [0.25, 0.3) is 0 Å². The van der Waals surface area contributed by atoms with E-state index >= 15 is 0 Å². The molecule has 23 heavy (non-hydrogen) atoms. The minimum atomic E-state index is 0.238. The molecule has 2 heterocycles. The first-order valence-corrected chi connectivity index (χ1v) is 8.82. The number of hydrogen-bond donors (Lipinski definition) is 1. The maximum atomic E-state index is 12.4. The molecule has 1 amide bonds. The summed E-state index contributed by atoms with van der Waals surface area (Å²) in [6.45, 7) is 8.71. The molecule has 2 aliphatic heterocycles. The molecular weight excluding hydrogens is 288 g/mol. The van der Waals surface area contributed by atoms with E-state index < -0.39 is 0 Å². The minimum Gasteiger partial charge on any atom is -0.493 e. The van der Waals surface area contributed by atoms with E-state index in [2.05, 4.69) is 25.2 Å². The lowest BCUT2D eigenvalue weighted by molar-refractivity contribution is -0.131. The maximum Gasteiger partial charge on any atom is 0.225 e. The van der Waals surface area contributed by atoms with Gasteiger partial charge in [0.05, 0.1) is 13.0 Å². The quantitative estimate of drug-likeness (QED) is 0.928. The van der Waals surface area contributed by atoms with E-state index in [9.17, 15) is 4.79 Å².